The fraction of sp³-hybridized carbons (Fsp3) is 0.188. The van der Waals surface area contributed by atoms with Gasteiger partial charge < -0.3 is 15.3 Å². The number of carbonyl (C=O) groups excluding carboxylic acids is 2. The van der Waals surface area contributed by atoms with Crippen LogP contribution in [-0.2, 0) is 15.7 Å². The number of nitrogens with one attached hydrogen (secondary N) is 1. The molecule has 28 heavy (non-hydrogen) atoms. The van der Waals surface area contributed by atoms with Gasteiger partial charge in [-0.1, -0.05) is 0 Å². The zero-order chi connectivity index (χ0) is 21.1. The minimum atomic E-state index is -4.98. The fourth-order valence-corrected chi connectivity index (χ4v) is 2.08. The van der Waals surface area contributed by atoms with Crippen molar-refractivity contribution in [3.63, 3.8) is 0 Å². The molecule has 1 aromatic heterocycles. The number of nitro groups is 1. The number of pyridine rings is 1. The highest BCUT2D eigenvalue weighted by atomic mass is 19.4. The van der Waals surface area contributed by atoms with Crippen LogP contribution in [0.1, 0.15) is 23.0 Å². The van der Waals surface area contributed by atoms with Gasteiger partial charge in [-0.3, -0.25) is 14.9 Å². The number of alkyl halides is 3. The number of rotatable bonds is 5. The quantitative estimate of drug-likeness (QED) is 0.271. The molecular formula is C16H12F3N3O6. The van der Waals surface area contributed by atoms with E-state index in [1.807, 2.05) is 5.32 Å². The topological polar surface area (TPSA) is 125 Å². The molecule has 0 aliphatic heterocycles. The van der Waals surface area contributed by atoms with Crippen LogP contribution in [0.2, 0.25) is 0 Å². The first kappa shape index (κ1) is 20.6. The molecule has 0 fully saturated rings. The lowest BCUT2D eigenvalue weighted by molar-refractivity contribution is -0.608. The van der Waals surface area contributed by atoms with E-state index in [9.17, 15) is 38.1 Å². The van der Waals surface area contributed by atoms with E-state index in [2.05, 4.69) is 0 Å². The number of amides is 1. The second kappa shape index (κ2) is 7.90. The van der Waals surface area contributed by atoms with E-state index in [1.54, 1.807) is 0 Å². The van der Waals surface area contributed by atoms with Crippen LogP contribution in [0, 0.1) is 15.3 Å². The average molecular weight is 399 g/mol. The number of nitrogens with zero attached hydrogens (tertiary/aromatic N) is 2. The smallest absolute Gasteiger partial charge is 0.418 e. The van der Waals surface area contributed by atoms with E-state index in [0.717, 1.165) is 31.3 Å². The zero-order valence-electron chi connectivity index (χ0n) is 14.1. The third-order valence-electron chi connectivity index (χ3n) is 3.46. The monoisotopic (exact) mass is 399 g/mol. The van der Waals surface area contributed by atoms with Gasteiger partial charge in [0.2, 0.25) is 0 Å². The maximum Gasteiger partial charge on any atom is 0.418 e. The first-order valence-corrected chi connectivity index (χ1v) is 7.56. The molecule has 0 saturated carbocycles. The molecule has 1 amide bonds. The number of halogens is 3. The Bertz CT molecular complexity index is 932. The van der Waals surface area contributed by atoms with E-state index < -0.39 is 51.7 Å². The number of ether oxygens (including phenoxy) is 1. The van der Waals surface area contributed by atoms with Crippen molar-refractivity contribution in [2.75, 3.05) is 5.32 Å². The molecule has 0 bridgehead atoms. The molecule has 12 heteroatoms. The first-order chi connectivity index (χ1) is 13.0. The molecular weight excluding hydrogens is 387 g/mol. The number of non-ortho nitro benzene ring substituents is 1. The Morgan fingerprint density at radius 2 is 1.93 bits per heavy atom. The molecule has 0 aliphatic carbocycles. The Morgan fingerprint density at radius 3 is 2.50 bits per heavy atom. The lowest BCUT2D eigenvalue weighted by atomic mass is 10.1. The predicted molar refractivity (Wildman–Crippen MR) is 87.0 cm³/mol. The maximum absolute atomic E-state index is 13.1. The highest BCUT2D eigenvalue weighted by Gasteiger charge is 2.36. The lowest BCUT2D eigenvalue weighted by Gasteiger charge is -2.16. The van der Waals surface area contributed by atoms with Crippen molar-refractivity contribution in [1.82, 2.24) is 0 Å². The number of anilines is 1. The normalized spacial score (nSPS) is 12.1. The van der Waals surface area contributed by atoms with Crippen LogP contribution in [0.5, 0.6) is 0 Å². The van der Waals surface area contributed by atoms with Gasteiger partial charge in [0.1, 0.15) is 0 Å². The van der Waals surface area contributed by atoms with Crippen LogP contribution in [0.3, 0.4) is 0 Å². The minimum Gasteiger partial charge on any atom is -0.618 e. The average Bonchev–Trinajstić information content (AvgIpc) is 2.61. The van der Waals surface area contributed by atoms with Crippen LogP contribution in [0.15, 0.2) is 42.6 Å². The van der Waals surface area contributed by atoms with Crippen molar-refractivity contribution >= 4 is 23.3 Å². The molecule has 2 rings (SSSR count). The Labute approximate surface area is 155 Å². The molecule has 9 nitrogen and oxygen atoms in total. The van der Waals surface area contributed by atoms with E-state index in [1.165, 1.54) is 12.1 Å². The Hall–Kier alpha value is -3.70. The number of carbonyl (C=O) groups is 2. The molecule has 0 radical (unpaired) electrons. The van der Waals surface area contributed by atoms with E-state index in [0.29, 0.717) is 0 Å². The Balaban J connectivity index is 2.19. The van der Waals surface area contributed by atoms with Gasteiger partial charge in [0.05, 0.1) is 16.2 Å². The second-order valence-electron chi connectivity index (χ2n) is 5.43. The number of aromatic nitrogens is 1. The van der Waals surface area contributed by atoms with Gasteiger partial charge in [0, 0.05) is 24.3 Å². The molecule has 0 aliphatic rings. The van der Waals surface area contributed by atoms with E-state index in [-0.39, 0.29) is 10.8 Å². The van der Waals surface area contributed by atoms with Crippen LogP contribution in [0.25, 0.3) is 0 Å². The largest absolute Gasteiger partial charge is 0.618 e. The molecule has 0 unspecified atom stereocenters. The van der Waals surface area contributed by atoms with Crippen molar-refractivity contribution in [2.24, 2.45) is 0 Å². The molecule has 148 valence electrons. The zero-order valence-corrected chi connectivity index (χ0v) is 14.1. The summed E-state index contributed by atoms with van der Waals surface area (Å²) in [6.07, 6.45) is -5.51. The fourth-order valence-electron chi connectivity index (χ4n) is 2.08. The lowest BCUT2D eigenvalue weighted by Crippen LogP contribution is -2.37. The molecule has 1 heterocycles. The molecule has 2 aromatic rings. The van der Waals surface area contributed by atoms with Crippen molar-refractivity contribution in [3.8, 4) is 0 Å². The van der Waals surface area contributed by atoms with Crippen LogP contribution in [0.4, 0.5) is 24.5 Å². The molecule has 1 aromatic carbocycles. The summed E-state index contributed by atoms with van der Waals surface area (Å²) in [6.45, 7) is 1.09. The molecule has 0 spiro atoms. The standard InChI is InChI=1S/C16H12F3N3O6/c1-9(28-15(24)13-4-2-3-7-21(13)25)14(23)20-12-6-5-10(22(26)27)8-11(12)16(17,18)19/h2-9H,1H3,(H,20,23)/t9-/m0/s1. The summed E-state index contributed by atoms with van der Waals surface area (Å²) in [6, 6.07) is 5.64. The number of esters is 1. The Kier molecular flexibility index (Phi) is 5.81. The van der Waals surface area contributed by atoms with Gasteiger partial charge in [0.15, 0.2) is 12.3 Å². The van der Waals surface area contributed by atoms with E-state index in [4.69, 9.17) is 4.74 Å². The van der Waals surface area contributed by atoms with Gasteiger partial charge in [0.25, 0.3) is 11.6 Å². The van der Waals surface area contributed by atoms with Gasteiger partial charge in [-0.05, 0) is 19.1 Å². The minimum absolute atomic E-state index is 0.199. The van der Waals surface area contributed by atoms with Crippen molar-refractivity contribution in [1.29, 1.82) is 0 Å². The van der Waals surface area contributed by atoms with Crippen molar-refractivity contribution < 1.29 is 37.2 Å². The first-order valence-electron chi connectivity index (χ1n) is 7.56. The highest BCUT2D eigenvalue weighted by molar-refractivity contribution is 5.97. The summed E-state index contributed by atoms with van der Waals surface area (Å²) in [4.78, 5) is 33.6. The SMILES string of the molecule is C[C@H](OC(=O)c1cccc[n+]1[O-])C(=O)Nc1ccc([N+](=O)[O-])cc1C(F)(F)F. The van der Waals surface area contributed by atoms with Crippen LogP contribution < -0.4 is 10.0 Å². The van der Waals surface area contributed by atoms with E-state index >= 15 is 0 Å². The number of hydrogen-bond acceptors (Lipinski definition) is 6. The molecule has 1 N–H and O–H groups in total. The van der Waals surface area contributed by atoms with Crippen molar-refractivity contribution in [2.45, 2.75) is 19.2 Å². The van der Waals surface area contributed by atoms with Crippen LogP contribution >= 0.6 is 0 Å². The summed E-state index contributed by atoms with van der Waals surface area (Å²) in [5.41, 5.74) is -3.42. The molecule has 0 saturated heterocycles. The second-order valence-corrected chi connectivity index (χ2v) is 5.43. The number of benzene rings is 1. The van der Waals surface area contributed by atoms with Gasteiger partial charge >= 0.3 is 17.8 Å². The number of nitro benzene ring substituents is 1. The van der Waals surface area contributed by atoms with Crippen LogP contribution in [-0.4, -0.2) is 22.9 Å². The third-order valence-corrected chi connectivity index (χ3v) is 3.46. The summed E-state index contributed by atoms with van der Waals surface area (Å²) in [5.74, 6) is -2.28. The van der Waals surface area contributed by atoms with Gasteiger partial charge in [-0.15, -0.1) is 0 Å². The summed E-state index contributed by atoms with van der Waals surface area (Å²) in [7, 11) is 0. The predicted octanol–water partition coefficient (Wildman–Crippen LogP) is 2.43. The highest BCUT2D eigenvalue weighted by Crippen LogP contribution is 2.37. The Morgan fingerprint density at radius 1 is 1.25 bits per heavy atom. The third kappa shape index (κ3) is 4.72. The summed E-state index contributed by atoms with van der Waals surface area (Å²) >= 11 is 0. The number of hydrogen-bond donors (Lipinski definition) is 1. The van der Waals surface area contributed by atoms with Gasteiger partial charge in [-0.25, -0.2) is 4.79 Å². The van der Waals surface area contributed by atoms with Crippen molar-refractivity contribution in [3.05, 3.63) is 69.2 Å². The molecule has 1 atom stereocenters. The van der Waals surface area contributed by atoms with Gasteiger partial charge in [-0.2, -0.15) is 17.9 Å². The summed E-state index contributed by atoms with van der Waals surface area (Å²) in [5, 5.41) is 24.1. The maximum atomic E-state index is 13.1. The summed E-state index contributed by atoms with van der Waals surface area (Å²) < 4.78 is 44.3.